The smallest absolute Gasteiger partial charge is 0.258 e. The maximum atomic E-state index is 12.6. The number of hydrogen-bond acceptors (Lipinski definition) is 2. The number of nitrogen functional groups attached to an aromatic ring is 1. The van der Waals surface area contributed by atoms with E-state index in [4.69, 9.17) is 5.73 Å². The maximum Gasteiger partial charge on any atom is 0.258 e. The molecule has 2 N–H and O–H groups in total. The van der Waals surface area contributed by atoms with Gasteiger partial charge in [0.1, 0.15) is 0 Å². The van der Waals surface area contributed by atoms with Crippen LogP contribution < -0.4 is 10.6 Å². The normalized spacial score (nSPS) is 10.4. The van der Waals surface area contributed by atoms with Gasteiger partial charge < -0.3 is 10.6 Å². The fourth-order valence-corrected chi connectivity index (χ4v) is 2.37. The summed E-state index contributed by atoms with van der Waals surface area (Å²) in [6.45, 7) is 5.96. The van der Waals surface area contributed by atoms with E-state index in [1.165, 1.54) is 0 Å². The van der Waals surface area contributed by atoms with Crippen molar-refractivity contribution >= 4 is 17.3 Å². The lowest BCUT2D eigenvalue weighted by Gasteiger charge is -2.20. The molecule has 0 radical (unpaired) electrons. The molecular weight excluding hydrogens is 248 g/mol. The van der Waals surface area contributed by atoms with Crippen molar-refractivity contribution in [1.29, 1.82) is 0 Å². The SMILES string of the molecule is Cc1cc(C)cc(N(C)C(=O)c2ccc(N)cc2C)c1. The highest BCUT2D eigenvalue weighted by molar-refractivity contribution is 6.06. The molecule has 0 saturated heterocycles. The first-order valence-corrected chi connectivity index (χ1v) is 6.61. The fourth-order valence-electron chi connectivity index (χ4n) is 2.37. The average molecular weight is 268 g/mol. The lowest BCUT2D eigenvalue weighted by Crippen LogP contribution is -2.27. The third kappa shape index (κ3) is 2.82. The molecule has 0 bridgehead atoms. The van der Waals surface area contributed by atoms with E-state index in [-0.39, 0.29) is 5.91 Å². The summed E-state index contributed by atoms with van der Waals surface area (Å²) in [5.41, 5.74) is 11.2. The topological polar surface area (TPSA) is 46.3 Å². The van der Waals surface area contributed by atoms with E-state index in [9.17, 15) is 4.79 Å². The van der Waals surface area contributed by atoms with Gasteiger partial charge in [0, 0.05) is 24.0 Å². The molecule has 0 atom stereocenters. The van der Waals surface area contributed by atoms with Gasteiger partial charge in [-0.1, -0.05) is 6.07 Å². The van der Waals surface area contributed by atoms with Crippen molar-refractivity contribution in [2.24, 2.45) is 0 Å². The molecule has 3 nitrogen and oxygen atoms in total. The number of aryl methyl sites for hydroxylation is 3. The Hall–Kier alpha value is -2.29. The Kier molecular flexibility index (Phi) is 3.79. The summed E-state index contributed by atoms with van der Waals surface area (Å²) >= 11 is 0. The van der Waals surface area contributed by atoms with Crippen LogP contribution in [0, 0.1) is 20.8 Å². The highest BCUT2D eigenvalue weighted by Gasteiger charge is 2.16. The van der Waals surface area contributed by atoms with Gasteiger partial charge >= 0.3 is 0 Å². The molecule has 0 fully saturated rings. The van der Waals surface area contributed by atoms with Crippen LogP contribution in [0.5, 0.6) is 0 Å². The van der Waals surface area contributed by atoms with Crippen LogP contribution in [0.4, 0.5) is 11.4 Å². The van der Waals surface area contributed by atoms with Gasteiger partial charge in [-0.25, -0.2) is 0 Å². The van der Waals surface area contributed by atoms with Crippen molar-refractivity contribution in [3.8, 4) is 0 Å². The second-order valence-corrected chi connectivity index (χ2v) is 5.28. The first-order chi connectivity index (χ1) is 9.38. The Morgan fingerprint density at radius 3 is 2.15 bits per heavy atom. The Morgan fingerprint density at radius 1 is 1.00 bits per heavy atom. The molecule has 104 valence electrons. The summed E-state index contributed by atoms with van der Waals surface area (Å²) in [6, 6.07) is 11.5. The molecule has 3 heteroatoms. The zero-order valence-electron chi connectivity index (χ0n) is 12.4. The molecule has 1 amide bonds. The van der Waals surface area contributed by atoms with Crippen molar-refractivity contribution in [2.45, 2.75) is 20.8 Å². The summed E-state index contributed by atoms with van der Waals surface area (Å²) in [5, 5.41) is 0. The molecule has 0 unspecified atom stereocenters. The van der Waals surface area contributed by atoms with Gasteiger partial charge in [0.05, 0.1) is 0 Å². The average Bonchev–Trinajstić information content (AvgIpc) is 2.36. The van der Waals surface area contributed by atoms with Crippen molar-refractivity contribution in [2.75, 3.05) is 17.7 Å². The lowest BCUT2D eigenvalue weighted by molar-refractivity contribution is 0.0992. The Balaban J connectivity index is 2.37. The highest BCUT2D eigenvalue weighted by Crippen LogP contribution is 2.21. The molecule has 0 aliphatic heterocycles. The zero-order chi connectivity index (χ0) is 14.9. The molecule has 2 rings (SSSR count). The second-order valence-electron chi connectivity index (χ2n) is 5.28. The van der Waals surface area contributed by atoms with E-state index in [1.807, 2.05) is 39.0 Å². The largest absolute Gasteiger partial charge is 0.399 e. The third-order valence-electron chi connectivity index (χ3n) is 3.38. The van der Waals surface area contributed by atoms with Crippen LogP contribution in [0.2, 0.25) is 0 Å². The number of carbonyl (C=O) groups is 1. The van der Waals surface area contributed by atoms with E-state index in [0.717, 1.165) is 22.4 Å². The van der Waals surface area contributed by atoms with Crippen molar-refractivity contribution in [3.05, 3.63) is 58.7 Å². The molecule has 0 saturated carbocycles. The van der Waals surface area contributed by atoms with Gasteiger partial charge in [-0.3, -0.25) is 4.79 Å². The molecule has 0 aliphatic rings. The molecule has 0 heterocycles. The summed E-state index contributed by atoms with van der Waals surface area (Å²) in [7, 11) is 1.80. The van der Waals surface area contributed by atoms with Crippen LogP contribution >= 0.6 is 0 Å². The number of benzene rings is 2. The van der Waals surface area contributed by atoms with Crippen LogP contribution in [-0.2, 0) is 0 Å². The number of hydrogen-bond donors (Lipinski definition) is 1. The number of nitrogens with two attached hydrogens (primary N) is 1. The van der Waals surface area contributed by atoms with E-state index in [2.05, 4.69) is 6.07 Å². The highest BCUT2D eigenvalue weighted by atomic mass is 16.2. The summed E-state index contributed by atoms with van der Waals surface area (Å²) in [5.74, 6) is -0.0208. The molecular formula is C17H20N2O. The number of nitrogens with zero attached hydrogens (tertiary/aromatic N) is 1. The minimum Gasteiger partial charge on any atom is -0.399 e. The van der Waals surface area contributed by atoms with E-state index in [0.29, 0.717) is 11.3 Å². The molecule has 0 aromatic heterocycles. The van der Waals surface area contributed by atoms with Gasteiger partial charge in [-0.05, 0) is 67.8 Å². The summed E-state index contributed by atoms with van der Waals surface area (Å²) in [4.78, 5) is 14.3. The van der Waals surface area contributed by atoms with Crippen molar-refractivity contribution < 1.29 is 4.79 Å². The van der Waals surface area contributed by atoms with E-state index in [1.54, 1.807) is 24.1 Å². The first kappa shape index (κ1) is 14.1. The monoisotopic (exact) mass is 268 g/mol. The number of amides is 1. The lowest BCUT2D eigenvalue weighted by atomic mass is 10.1. The van der Waals surface area contributed by atoms with Gasteiger partial charge in [0.2, 0.25) is 0 Å². The number of carbonyl (C=O) groups excluding carboxylic acids is 1. The quantitative estimate of drug-likeness (QED) is 0.848. The van der Waals surface area contributed by atoms with Crippen LogP contribution in [0.15, 0.2) is 36.4 Å². The van der Waals surface area contributed by atoms with Crippen LogP contribution in [0.3, 0.4) is 0 Å². The predicted molar refractivity (Wildman–Crippen MR) is 84.2 cm³/mol. The van der Waals surface area contributed by atoms with Crippen LogP contribution in [0.25, 0.3) is 0 Å². The number of anilines is 2. The first-order valence-electron chi connectivity index (χ1n) is 6.61. The zero-order valence-corrected chi connectivity index (χ0v) is 12.4. The van der Waals surface area contributed by atoms with E-state index < -0.39 is 0 Å². The van der Waals surface area contributed by atoms with Gasteiger partial charge in [0.25, 0.3) is 5.91 Å². The Labute approximate surface area is 120 Å². The molecule has 2 aromatic rings. The molecule has 0 spiro atoms. The van der Waals surface area contributed by atoms with Crippen molar-refractivity contribution in [1.82, 2.24) is 0 Å². The van der Waals surface area contributed by atoms with Crippen molar-refractivity contribution in [3.63, 3.8) is 0 Å². The van der Waals surface area contributed by atoms with Crippen LogP contribution in [0.1, 0.15) is 27.0 Å². The molecule has 20 heavy (non-hydrogen) atoms. The van der Waals surface area contributed by atoms with Gasteiger partial charge in [-0.2, -0.15) is 0 Å². The third-order valence-corrected chi connectivity index (χ3v) is 3.38. The predicted octanol–water partition coefficient (Wildman–Crippen LogP) is 3.47. The standard InChI is InChI=1S/C17H20N2O/c1-11-7-12(2)9-15(8-11)19(4)17(20)16-6-5-14(18)10-13(16)3/h5-10H,18H2,1-4H3. The second kappa shape index (κ2) is 5.37. The summed E-state index contributed by atoms with van der Waals surface area (Å²) in [6.07, 6.45) is 0. The Morgan fingerprint density at radius 2 is 1.60 bits per heavy atom. The van der Waals surface area contributed by atoms with Gasteiger partial charge in [0.15, 0.2) is 0 Å². The maximum absolute atomic E-state index is 12.6. The van der Waals surface area contributed by atoms with Crippen LogP contribution in [-0.4, -0.2) is 13.0 Å². The van der Waals surface area contributed by atoms with E-state index >= 15 is 0 Å². The minimum absolute atomic E-state index is 0.0208. The summed E-state index contributed by atoms with van der Waals surface area (Å²) < 4.78 is 0. The molecule has 0 aliphatic carbocycles. The number of rotatable bonds is 2. The Bertz CT molecular complexity index is 642. The minimum atomic E-state index is -0.0208. The van der Waals surface area contributed by atoms with Gasteiger partial charge in [-0.15, -0.1) is 0 Å². The fraction of sp³-hybridized carbons (Fsp3) is 0.235. The molecule has 2 aromatic carbocycles.